The van der Waals surface area contributed by atoms with Gasteiger partial charge in [-0.1, -0.05) is 12.1 Å². The van der Waals surface area contributed by atoms with E-state index in [9.17, 15) is 8.42 Å². The van der Waals surface area contributed by atoms with Crippen molar-refractivity contribution in [1.82, 2.24) is 20.6 Å². The lowest BCUT2D eigenvalue weighted by Gasteiger charge is -2.09. The fourth-order valence-corrected chi connectivity index (χ4v) is 2.79. The fraction of sp³-hybridized carbons (Fsp3) is 0.300. The molecule has 0 unspecified atom stereocenters. The highest BCUT2D eigenvalue weighted by Gasteiger charge is 2.31. The predicted molar refractivity (Wildman–Crippen MR) is 63.0 cm³/mol. The number of tetrazole rings is 1. The molecule has 7 nitrogen and oxygen atoms in total. The smallest absolute Gasteiger partial charge is 0.225 e. The summed E-state index contributed by atoms with van der Waals surface area (Å²) in [7, 11) is -3.81. The number of hydrogen-bond acceptors (Lipinski definition) is 5. The second-order valence-corrected chi connectivity index (χ2v) is 5.80. The quantitative estimate of drug-likeness (QED) is 0.833. The van der Waals surface area contributed by atoms with Crippen LogP contribution in [0.25, 0.3) is 11.4 Å². The number of nitrogens with two attached hydrogens (primary N) is 1. The molecule has 8 heteroatoms. The lowest BCUT2D eigenvalue weighted by atomic mass is 10.0. The van der Waals surface area contributed by atoms with Crippen molar-refractivity contribution in [2.45, 2.75) is 23.7 Å². The van der Waals surface area contributed by atoms with Crippen LogP contribution in [0.5, 0.6) is 0 Å². The highest BCUT2D eigenvalue weighted by Crippen LogP contribution is 2.45. The van der Waals surface area contributed by atoms with Crippen LogP contribution >= 0.6 is 0 Å². The summed E-state index contributed by atoms with van der Waals surface area (Å²) in [5.41, 5.74) is 1.39. The highest BCUT2D eigenvalue weighted by molar-refractivity contribution is 7.89. The van der Waals surface area contributed by atoms with Crippen molar-refractivity contribution in [2.24, 2.45) is 5.14 Å². The molecule has 0 bridgehead atoms. The van der Waals surface area contributed by atoms with E-state index in [4.69, 9.17) is 5.14 Å². The monoisotopic (exact) mass is 265 g/mol. The van der Waals surface area contributed by atoms with E-state index in [1.807, 2.05) is 6.07 Å². The van der Waals surface area contributed by atoms with E-state index in [1.165, 1.54) is 6.07 Å². The summed E-state index contributed by atoms with van der Waals surface area (Å²) < 4.78 is 23.3. The minimum Gasteiger partial charge on any atom is -0.225 e. The number of hydrogen-bond donors (Lipinski definition) is 2. The maximum absolute atomic E-state index is 11.6. The number of rotatable bonds is 3. The Hall–Kier alpha value is -1.80. The topological polar surface area (TPSA) is 115 Å². The van der Waals surface area contributed by atoms with Crippen LogP contribution in [0.15, 0.2) is 23.1 Å². The van der Waals surface area contributed by atoms with Crippen molar-refractivity contribution in [3.63, 3.8) is 0 Å². The Labute approximate surface area is 103 Å². The average molecular weight is 265 g/mol. The minimum absolute atomic E-state index is 0.0494. The largest absolute Gasteiger partial charge is 0.238 e. The third-order valence-corrected chi connectivity index (χ3v) is 3.90. The van der Waals surface area contributed by atoms with Gasteiger partial charge in [-0.2, -0.15) is 5.21 Å². The standard InChI is InChI=1S/C10H11N5O2S/c11-18(16,17)8-3-1-2-7(6-4-5-6)9(8)10-12-14-15-13-10/h1-3,6H,4-5H2,(H2,11,16,17)(H,12,13,14,15). The van der Waals surface area contributed by atoms with Gasteiger partial charge in [-0.15, -0.1) is 10.2 Å². The first-order chi connectivity index (χ1) is 8.57. The fourth-order valence-electron chi connectivity index (χ4n) is 2.03. The summed E-state index contributed by atoms with van der Waals surface area (Å²) >= 11 is 0. The molecule has 0 atom stereocenters. The molecule has 0 amide bonds. The second-order valence-electron chi connectivity index (χ2n) is 4.28. The zero-order valence-corrected chi connectivity index (χ0v) is 10.2. The van der Waals surface area contributed by atoms with Crippen LogP contribution in [0.2, 0.25) is 0 Å². The number of nitrogens with one attached hydrogen (secondary N) is 1. The normalized spacial score (nSPS) is 15.8. The number of aromatic nitrogens is 4. The lowest BCUT2D eigenvalue weighted by molar-refractivity contribution is 0.598. The first-order valence-corrected chi connectivity index (χ1v) is 7.01. The summed E-state index contributed by atoms with van der Waals surface area (Å²) in [6.07, 6.45) is 2.08. The van der Waals surface area contributed by atoms with Crippen LogP contribution in [0.3, 0.4) is 0 Å². The van der Waals surface area contributed by atoms with Gasteiger partial charge in [-0.05, 0) is 35.6 Å². The van der Waals surface area contributed by atoms with Crippen molar-refractivity contribution in [3.8, 4) is 11.4 Å². The first-order valence-electron chi connectivity index (χ1n) is 5.47. The molecule has 1 aromatic heterocycles. The zero-order chi connectivity index (χ0) is 12.8. The Morgan fingerprint density at radius 2 is 2.11 bits per heavy atom. The zero-order valence-electron chi connectivity index (χ0n) is 9.37. The number of H-pyrrole nitrogens is 1. The predicted octanol–water partition coefficient (Wildman–Crippen LogP) is 0.391. The van der Waals surface area contributed by atoms with Crippen molar-refractivity contribution in [1.29, 1.82) is 0 Å². The van der Waals surface area contributed by atoms with E-state index >= 15 is 0 Å². The summed E-state index contributed by atoms with van der Waals surface area (Å²) in [6, 6.07) is 5.04. The molecular formula is C10H11N5O2S. The van der Waals surface area contributed by atoms with Crippen LogP contribution in [0.1, 0.15) is 24.3 Å². The molecule has 1 aliphatic carbocycles. The maximum atomic E-state index is 11.6. The summed E-state index contributed by atoms with van der Waals surface area (Å²) in [5, 5.41) is 18.8. The van der Waals surface area contributed by atoms with Crippen LogP contribution in [-0.2, 0) is 10.0 Å². The van der Waals surface area contributed by atoms with Gasteiger partial charge in [0.25, 0.3) is 0 Å². The molecule has 2 aromatic rings. The number of sulfonamides is 1. The lowest BCUT2D eigenvalue weighted by Crippen LogP contribution is -2.14. The van der Waals surface area contributed by atoms with Crippen molar-refractivity contribution < 1.29 is 8.42 Å². The third-order valence-electron chi connectivity index (χ3n) is 2.95. The molecule has 1 aliphatic rings. The molecule has 0 aliphatic heterocycles. The van der Waals surface area contributed by atoms with Gasteiger partial charge in [0, 0.05) is 5.56 Å². The van der Waals surface area contributed by atoms with Gasteiger partial charge in [0.1, 0.15) is 0 Å². The third kappa shape index (κ3) is 1.89. The van der Waals surface area contributed by atoms with Crippen molar-refractivity contribution in [2.75, 3.05) is 0 Å². The van der Waals surface area contributed by atoms with Gasteiger partial charge in [0.2, 0.25) is 15.8 Å². The van der Waals surface area contributed by atoms with Gasteiger partial charge < -0.3 is 0 Å². The number of aromatic amines is 1. The molecule has 3 rings (SSSR count). The molecule has 1 heterocycles. The average Bonchev–Trinajstić information content (AvgIpc) is 3.03. The molecule has 0 spiro atoms. The molecular weight excluding hydrogens is 254 g/mol. The highest BCUT2D eigenvalue weighted by atomic mass is 32.2. The summed E-state index contributed by atoms with van der Waals surface area (Å²) in [4.78, 5) is 0.0494. The van der Waals surface area contributed by atoms with Crippen molar-refractivity contribution in [3.05, 3.63) is 23.8 Å². The Balaban J connectivity index is 2.30. The Morgan fingerprint density at radius 1 is 1.33 bits per heavy atom. The molecule has 0 saturated heterocycles. The SMILES string of the molecule is NS(=O)(=O)c1cccc(C2CC2)c1-c1nn[nH]n1. The van der Waals surface area contributed by atoms with E-state index in [-0.39, 0.29) is 10.7 Å². The van der Waals surface area contributed by atoms with Crippen molar-refractivity contribution >= 4 is 10.0 Å². The van der Waals surface area contributed by atoms with E-state index in [1.54, 1.807) is 6.07 Å². The van der Waals surface area contributed by atoms with Gasteiger partial charge in [0.15, 0.2) is 0 Å². The van der Waals surface area contributed by atoms with E-state index in [2.05, 4.69) is 20.6 Å². The molecule has 1 fully saturated rings. The number of nitrogens with zero attached hydrogens (tertiary/aromatic N) is 3. The number of primary sulfonamides is 1. The van der Waals surface area contributed by atoms with E-state index in [0.29, 0.717) is 11.5 Å². The van der Waals surface area contributed by atoms with E-state index in [0.717, 1.165) is 18.4 Å². The Kier molecular flexibility index (Phi) is 2.42. The first kappa shape index (κ1) is 11.3. The molecule has 1 saturated carbocycles. The van der Waals surface area contributed by atoms with Gasteiger partial charge in [-0.3, -0.25) is 0 Å². The van der Waals surface area contributed by atoms with Gasteiger partial charge in [0.05, 0.1) is 4.90 Å². The Morgan fingerprint density at radius 3 is 2.67 bits per heavy atom. The summed E-state index contributed by atoms with van der Waals surface area (Å²) in [6.45, 7) is 0. The van der Waals surface area contributed by atoms with Crippen LogP contribution in [-0.4, -0.2) is 29.0 Å². The summed E-state index contributed by atoms with van der Waals surface area (Å²) in [5.74, 6) is 0.627. The molecule has 94 valence electrons. The number of benzene rings is 1. The Bertz CT molecular complexity index is 676. The van der Waals surface area contributed by atoms with E-state index < -0.39 is 10.0 Å². The minimum atomic E-state index is -3.81. The maximum Gasteiger partial charge on any atom is 0.238 e. The molecule has 1 aromatic carbocycles. The molecule has 0 radical (unpaired) electrons. The molecule has 3 N–H and O–H groups in total. The van der Waals surface area contributed by atoms with Gasteiger partial charge >= 0.3 is 0 Å². The molecule has 18 heavy (non-hydrogen) atoms. The van der Waals surface area contributed by atoms with Gasteiger partial charge in [-0.25, -0.2) is 13.6 Å². The van der Waals surface area contributed by atoms with Crippen LogP contribution in [0, 0.1) is 0 Å². The van der Waals surface area contributed by atoms with Crippen LogP contribution in [0.4, 0.5) is 0 Å². The van der Waals surface area contributed by atoms with Crippen LogP contribution < -0.4 is 5.14 Å². The second kappa shape index (κ2) is 3.85.